The van der Waals surface area contributed by atoms with Gasteiger partial charge in [-0.15, -0.1) is 47.0 Å². The summed E-state index contributed by atoms with van der Waals surface area (Å²) in [7, 11) is 0. The fraction of sp³-hybridized carbons (Fsp3) is 0.222. The summed E-state index contributed by atoms with van der Waals surface area (Å²) in [5.74, 6) is 1.56. The maximum atomic E-state index is 4.77. The molecule has 3 rings (SSSR count). The first kappa shape index (κ1) is 18.8. The van der Waals surface area contributed by atoms with Crippen LogP contribution in [-0.2, 0) is 0 Å². The molecule has 1 heterocycles. The fourth-order valence-corrected chi connectivity index (χ4v) is 4.76. The maximum Gasteiger partial charge on any atom is 0.182 e. The lowest BCUT2D eigenvalue weighted by atomic mass is 10.2. The molecule has 0 fully saturated rings. The van der Waals surface area contributed by atoms with E-state index in [1.54, 1.807) is 47.0 Å². The van der Waals surface area contributed by atoms with E-state index in [9.17, 15) is 0 Å². The highest BCUT2D eigenvalue weighted by Crippen LogP contribution is 2.35. The van der Waals surface area contributed by atoms with Crippen LogP contribution in [0.3, 0.4) is 0 Å². The summed E-state index contributed by atoms with van der Waals surface area (Å²) < 4.78 is 0. The highest BCUT2D eigenvalue weighted by atomic mass is 32.2. The third kappa shape index (κ3) is 4.05. The van der Waals surface area contributed by atoms with Crippen LogP contribution in [-0.4, -0.2) is 40.2 Å². The Morgan fingerprint density at radius 3 is 1.84 bits per heavy atom. The third-order valence-corrected chi connectivity index (χ3v) is 6.80. The van der Waals surface area contributed by atoms with Gasteiger partial charge in [-0.2, -0.15) is 5.10 Å². The lowest BCUT2D eigenvalue weighted by Gasteiger charge is -2.07. The van der Waals surface area contributed by atoms with Crippen LogP contribution in [0.5, 0.6) is 0 Å². The summed E-state index contributed by atoms with van der Waals surface area (Å²) >= 11 is 6.95. The van der Waals surface area contributed by atoms with Gasteiger partial charge in [-0.3, -0.25) is 5.10 Å². The molecule has 0 aliphatic carbocycles. The molecule has 0 atom stereocenters. The molecule has 0 radical (unpaired) electrons. The van der Waals surface area contributed by atoms with Gasteiger partial charge in [-0.05, 0) is 61.4 Å². The first-order valence-corrected chi connectivity index (χ1v) is 12.5. The minimum atomic E-state index is 0.744. The number of aromatic amines is 1. The van der Waals surface area contributed by atoms with E-state index in [1.807, 2.05) is 0 Å². The van der Waals surface area contributed by atoms with Crippen LogP contribution in [0.15, 0.2) is 56.0 Å². The standard InChI is InChI=1S/C18H19N3S4/c1-22-11-5-7-13(15(9-11)24-3)17-19-18(21-20-17)14-8-6-12(23-2)10-16(14)25-4/h5-10H,1-4H3,(H,19,20,21). The van der Waals surface area contributed by atoms with Gasteiger partial charge in [0.1, 0.15) is 0 Å². The van der Waals surface area contributed by atoms with Gasteiger partial charge < -0.3 is 0 Å². The Balaban J connectivity index is 2.01. The number of hydrogen-bond acceptors (Lipinski definition) is 6. The predicted octanol–water partition coefficient (Wildman–Crippen LogP) is 6.03. The monoisotopic (exact) mass is 405 g/mol. The van der Waals surface area contributed by atoms with E-state index in [1.165, 1.54) is 19.6 Å². The Morgan fingerprint density at radius 1 is 0.720 bits per heavy atom. The molecule has 0 aliphatic rings. The largest absolute Gasteiger partial charge is 0.259 e. The number of H-pyrrole nitrogens is 1. The molecule has 3 aromatic rings. The Morgan fingerprint density at radius 2 is 1.28 bits per heavy atom. The van der Waals surface area contributed by atoms with E-state index < -0.39 is 0 Å². The molecule has 0 saturated carbocycles. The van der Waals surface area contributed by atoms with Crippen molar-refractivity contribution in [3.8, 4) is 22.8 Å². The maximum absolute atomic E-state index is 4.77. The number of nitrogens with one attached hydrogen (secondary N) is 1. The molecular weight excluding hydrogens is 386 g/mol. The van der Waals surface area contributed by atoms with Crippen molar-refractivity contribution in [2.75, 3.05) is 25.0 Å². The number of hydrogen-bond donors (Lipinski definition) is 1. The smallest absolute Gasteiger partial charge is 0.182 e. The zero-order valence-electron chi connectivity index (χ0n) is 14.5. The van der Waals surface area contributed by atoms with Crippen LogP contribution in [0.2, 0.25) is 0 Å². The van der Waals surface area contributed by atoms with Gasteiger partial charge >= 0.3 is 0 Å². The second-order valence-electron chi connectivity index (χ2n) is 5.14. The highest BCUT2D eigenvalue weighted by Gasteiger charge is 2.14. The molecule has 0 unspecified atom stereocenters. The lowest BCUT2D eigenvalue weighted by Crippen LogP contribution is -1.87. The van der Waals surface area contributed by atoms with Crippen molar-refractivity contribution in [1.29, 1.82) is 0 Å². The molecule has 1 N–H and O–H groups in total. The Hall–Kier alpha value is -1.02. The summed E-state index contributed by atoms with van der Waals surface area (Å²) in [6, 6.07) is 12.9. The summed E-state index contributed by atoms with van der Waals surface area (Å²) in [5.41, 5.74) is 2.16. The molecule has 25 heavy (non-hydrogen) atoms. The number of thioether (sulfide) groups is 4. The minimum Gasteiger partial charge on any atom is -0.259 e. The third-order valence-electron chi connectivity index (χ3n) is 3.80. The van der Waals surface area contributed by atoms with E-state index >= 15 is 0 Å². The summed E-state index contributed by atoms with van der Waals surface area (Å²) in [6.45, 7) is 0. The van der Waals surface area contributed by atoms with E-state index in [2.05, 4.69) is 71.6 Å². The number of aromatic nitrogens is 3. The molecule has 0 amide bonds. The molecule has 1 aromatic heterocycles. The zero-order valence-corrected chi connectivity index (χ0v) is 17.8. The van der Waals surface area contributed by atoms with E-state index in [0.717, 1.165) is 22.8 Å². The van der Waals surface area contributed by atoms with Crippen molar-refractivity contribution in [3.63, 3.8) is 0 Å². The average molecular weight is 406 g/mol. The van der Waals surface area contributed by atoms with Gasteiger partial charge in [0.25, 0.3) is 0 Å². The van der Waals surface area contributed by atoms with Crippen LogP contribution in [0, 0.1) is 0 Å². The average Bonchev–Trinajstić information content (AvgIpc) is 3.16. The first-order chi connectivity index (χ1) is 12.2. The van der Waals surface area contributed by atoms with Crippen molar-refractivity contribution < 1.29 is 0 Å². The summed E-state index contributed by atoms with van der Waals surface area (Å²) in [4.78, 5) is 9.68. The van der Waals surface area contributed by atoms with Crippen LogP contribution in [0.4, 0.5) is 0 Å². The predicted molar refractivity (Wildman–Crippen MR) is 114 cm³/mol. The Bertz CT molecular complexity index is 807. The minimum absolute atomic E-state index is 0.744. The van der Waals surface area contributed by atoms with Crippen molar-refractivity contribution in [2.24, 2.45) is 0 Å². The van der Waals surface area contributed by atoms with Crippen LogP contribution in [0.1, 0.15) is 0 Å². The quantitative estimate of drug-likeness (QED) is 0.505. The molecule has 2 aromatic carbocycles. The molecule has 0 aliphatic heterocycles. The van der Waals surface area contributed by atoms with Crippen molar-refractivity contribution in [1.82, 2.24) is 15.2 Å². The van der Waals surface area contributed by atoms with Crippen molar-refractivity contribution in [2.45, 2.75) is 19.6 Å². The van der Waals surface area contributed by atoms with Gasteiger partial charge in [0.2, 0.25) is 0 Å². The van der Waals surface area contributed by atoms with Gasteiger partial charge in [0.05, 0.1) is 0 Å². The SMILES string of the molecule is CSc1ccc(-c2n[nH]c(-c3ccc(SC)cc3SC)n2)c(SC)c1. The molecule has 0 spiro atoms. The van der Waals surface area contributed by atoms with Crippen LogP contribution < -0.4 is 0 Å². The lowest BCUT2D eigenvalue weighted by molar-refractivity contribution is 1.09. The van der Waals surface area contributed by atoms with Gasteiger partial charge in [0, 0.05) is 30.7 Å². The number of nitrogens with zero attached hydrogens (tertiary/aromatic N) is 2. The van der Waals surface area contributed by atoms with Gasteiger partial charge in [0.15, 0.2) is 11.6 Å². The molecular formula is C18H19N3S4. The second-order valence-corrected chi connectivity index (χ2v) is 8.60. The van der Waals surface area contributed by atoms with Crippen LogP contribution in [0.25, 0.3) is 22.8 Å². The number of rotatable bonds is 6. The topological polar surface area (TPSA) is 41.6 Å². The highest BCUT2D eigenvalue weighted by molar-refractivity contribution is 7.99. The van der Waals surface area contributed by atoms with E-state index in [0.29, 0.717) is 0 Å². The Kier molecular flexibility index (Phi) is 6.44. The molecule has 0 bridgehead atoms. The molecule has 130 valence electrons. The normalized spacial score (nSPS) is 11.0. The first-order valence-electron chi connectivity index (χ1n) is 7.57. The van der Waals surface area contributed by atoms with Crippen molar-refractivity contribution >= 4 is 47.0 Å². The number of benzene rings is 2. The Labute approximate surface area is 165 Å². The second kappa shape index (κ2) is 8.58. The molecule has 7 heteroatoms. The van der Waals surface area contributed by atoms with Crippen molar-refractivity contribution in [3.05, 3.63) is 36.4 Å². The van der Waals surface area contributed by atoms with E-state index in [4.69, 9.17) is 4.98 Å². The van der Waals surface area contributed by atoms with Crippen LogP contribution >= 0.6 is 47.0 Å². The molecule has 3 nitrogen and oxygen atoms in total. The van der Waals surface area contributed by atoms with Gasteiger partial charge in [-0.1, -0.05) is 0 Å². The fourth-order valence-electron chi connectivity index (χ4n) is 2.48. The summed E-state index contributed by atoms with van der Waals surface area (Å²) in [6.07, 6.45) is 8.36. The summed E-state index contributed by atoms with van der Waals surface area (Å²) in [5, 5.41) is 7.59. The van der Waals surface area contributed by atoms with Gasteiger partial charge in [-0.25, -0.2) is 4.98 Å². The zero-order chi connectivity index (χ0) is 17.8. The molecule has 0 saturated heterocycles. The van der Waals surface area contributed by atoms with E-state index in [-0.39, 0.29) is 0 Å².